The molecule has 156 valence electrons. The Bertz CT molecular complexity index is 755. The summed E-state index contributed by atoms with van der Waals surface area (Å²) in [5, 5.41) is 0. The molecule has 0 atom stereocenters. The van der Waals surface area contributed by atoms with Gasteiger partial charge in [-0.25, -0.2) is 4.98 Å². The summed E-state index contributed by atoms with van der Waals surface area (Å²) in [5.41, 5.74) is 5.94. The van der Waals surface area contributed by atoms with Crippen molar-refractivity contribution in [2.45, 2.75) is 44.9 Å². The second kappa shape index (κ2) is 7.59. The van der Waals surface area contributed by atoms with E-state index in [9.17, 15) is 9.59 Å². The highest BCUT2D eigenvalue weighted by Crippen LogP contribution is 2.61. The van der Waals surface area contributed by atoms with Crippen molar-refractivity contribution in [2.75, 3.05) is 31.2 Å². The van der Waals surface area contributed by atoms with E-state index in [0.29, 0.717) is 44.1 Å². The number of aromatic nitrogens is 1. The molecule has 5 fully saturated rings. The van der Waals surface area contributed by atoms with E-state index < -0.39 is 0 Å². The SMILES string of the molecule is O=C(CC12CC3CC(CC(C3)C1)C2)NNC(=O)c1cccnc1N1CCOCC1. The van der Waals surface area contributed by atoms with Gasteiger partial charge in [0.2, 0.25) is 5.91 Å². The van der Waals surface area contributed by atoms with E-state index >= 15 is 0 Å². The highest BCUT2D eigenvalue weighted by atomic mass is 16.5. The molecule has 0 spiro atoms. The van der Waals surface area contributed by atoms with Crippen LogP contribution in [0.3, 0.4) is 0 Å². The molecule has 7 nitrogen and oxygen atoms in total. The average molecular weight is 399 g/mol. The third kappa shape index (κ3) is 3.84. The van der Waals surface area contributed by atoms with Crippen LogP contribution in [0.1, 0.15) is 55.3 Å². The second-order valence-corrected chi connectivity index (χ2v) is 9.57. The Kier molecular flexibility index (Phi) is 4.94. The number of anilines is 1. The van der Waals surface area contributed by atoms with Gasteiger partial charge in [0.25, 0.3) is 5.91 Å². The van der Waals surface area contributed by atoms with Crippen LogP contribution in [0.2, 0.25) is 0 Å². The van der Waals surface area contributed by atoms with Crippen LogP contribution in [-0.2, 0) is 9.53 Å². The van der Waals surface area contributed by atoms with Crippen LogP contribution >= 0.6 is 0 Å². The molecule has 5 aliphatic rings. The van der Waals surface area contributed by atoms with Crippen molar-refractivity contribution in [3.8, 4) is 0 Å². The molecule has 7 heteroatoms. The first-order valence-corrected chi connectivity index (χ1v) is 11.0. The summed E-state index contributed by atoms with van der Waals surface area (Å²) in [6, 6.07) is 3.49. The minimum Gasteiger partial charge on any atom is -0.378 e. The van der Waals surface area contributed by atoms with E-state index in [1.807, 2.05) is 0 Å². The maximum absolute atomic E-state index is 12.8. The Hall–Kier alpha value is -2.15. The van der Waals surface area contributed by atoms with Gasteiger partial charge in [-0.3, -0.25) is 20.4 Å². The highest BCUT2D eigenvalue weighted by Gasteiger charge is 2.51. The number of pyridine rings is 1. The minimum atomic E-state index is -0.321. The van der Waals surface area contributed by atoms with Crippen molar-refractivity contribution < 1.29 is 14.3 Å². The van der Waals surface area contributed by atoms with Gasteiger partial charge in [0, 0.05) is 25.7 Å². The zero-order chi connectivity index (χ0) is 19.8. The monoisotopic (exact) mass is 398 g/mol. The zero-order valence-electron chi connectivity index (χ0n) is 16.9. The number of morpholine rings is 1. The number of nitrogens with zero attached hydrogens (tertiary/aromatic N) is 2. The number of carbonyl (C=O) groups excluding carboxylic acids is 2. The van der Waals surface area contributed by atoms with E-state index in [2.05, 4.69) is 20.7 Å². The molecule has 1 aromatic heterocycles. The van der Waals surface area contributed by atoms with Gasteiger partial charge in [0.1, 0.15) is 5.82 Å². The number of carbonyl (C=O) groups is 2. The van der Waals surface area contributed by atoms with Crippen LogP contribution in [0, 0.1) is 23.2 Å². The van der Waals surface area contributed by atoms with Crippen LogP contribution < -0.4 is 15.8 Å². The molecule has 0 unspecified atom stereocenters. The van der Waals surface area contributed by atoms with Gasteiger partial charge in [-0.2, -0.15) is 0 Å². The van der Waals surface area contributed by atoms with Crippen molar-refractivity contribution >= 4 is 17.6 Å². The lowest BCUT2D eigenvalue weighted by molar-refractivity contribution is -0.130. The smallest absolute Gasteiger partial charge is 0.273 e. The van der Waals surface area contributed by atoms with Crippen LogP contribution in [-0.4, -0.2) is 43.1 Å². The Morgan fingerprint density at radius 3 is 2.38 bits per heavy atom. The molecule has 0 radical (unpaired) electrons. The molecular weight excluding hydrogens is 368 g/mol. The summed E-state index contributed by atoms with van der Waals surface area (Å²) in [6.07, 6.45) is 9.86. The second-order valence-electron chi connectivity index (χ2n) is 9.57. The fourth-order valence-corrected chi connectivity index (χ4v) is 6.69. The van der Waals surface area contributed by atoms with Crippen molar-refractivity contribution in [3.63, 3.8) is 0 Å². The Morgan fingerprint density at radius 1 is 1.07 bits per heavy atom. The first kappa shape index (κ1) is 18.9. The van der Waals surface area contributed by atoms with Crippen molar-refractivity contribution in [1.82, 2.24) is 15.8 Å². The molecule has 2 heterocycles. The van der Waals surface area contributed by atoms with Crippen LogP contribution in [0.15, 0.2) is 18.3 Å². The van der Waals surface area contributed by atoms with Crippen molar-refractivity contribution in [3.05, 3.63) is 23.9 Å². The normalized spacial score (nSPS) is 32.8. The van der Waals surface area contributed by atoms with Gasteiger partial charge >= 0.3 is 0 Å². The van der Waals surface area contributed by atoms with Gasteiger partial charge in [-0.1, -0.05) is 0 Å². The van der Waals surface area contributed by atoms with Gasteiger partial charge in [0.05, 0.1) is 18.8 Å². The van der Waals surface area contributed by atoms with Crippen molar-refractivity contribution in [1.29, 1.82) is 0 Å². The van der Waals surface area contributed by atoms with Gasteiger partial charge in [-0.05, 0) is 73.8 Å². The Labute approximate surface area is 171 Å². The quantitative estimate of drug-likeness (QED) is 0.761. The molecule has 1 aliphatic heterocycles. The number of hydrogen-bond acceptors (Lipinski definition) is 5. The summed E-state index contributed by atoms with van der Waals surface area (Å²) >= 11 is 0. The third-order valence-corrected chi connectivity index (χ3v) is 7.36. The zero-order valence-corrected chi connectivity index (χ0v) is 16.9. The topological polar surface area (TPSA) is 83.6 Å². The van der Waals surface area contributed by atoms with Gasteiger partial charge in [0.15, 0.2) is 0 Å². The Balaban J connectivity index is 1.20. The standard InChI is InChI=1S/C22H30N4O3/c27-19(14-22-11-15-8-16(12-22)10-17(9-15)13-22)24-25-21(28)18-2-1-3-23-20(18)26-4-6-29-7-5-26/h1-3,15-17H,4-14H2,(H,24,27)(H,25,28). The number of hydrazine groups is 1. The number of ether oxygens (including phenoxy) is 1. The predicted octanol–water partition coefficient (Wildman–Crippen LogP) is 2.29. The number of hydrogen-bond donors (Lipinski definition) is 2. The fraction of sp³-hybridized carbons (Fsp3) is 0.682. The summed E-state index contributed by atoms with van der Waals surface area (Å²) < 4.78 is 5.39. The first-order valence-electron chi connectivity index (χ1n) is 11.0. The fourth-order valence-electron chi connectivity index (χ4n) is 6.69. The molecule has 2 N–H and O–H groups in total. The third-order valence-electron chi connectivity index (χ3n) is 7.36. The van der Waals surface area contributed by atoms with Gasteiger partial charge in [-0.15, -0.1) is 0 Å². The summed E-state index contributed by atoms with van der Waals surface area (Å²) in [4.78, 5) is 31.9. The lowest BCUT2D eigenvalue weighted by Crippen LogP contribution is -2.50. The van der Waals surface area contributed by atoms with E-state index in [-0.39, 0.29) is 17.2 Å². The summed E-state index contributed by atoms with van der Waals surface area (Å²) in [5.74, 6) is 2.69. The number of amides is 2. The lowest BCUT2D eigenvalue weighted by atomic mass is 9.49. The van der Waals surface area contributed by atoms with E-state index in [1.165, 1.54) is 38.5 Å². The van der Waals surface area contributed by atoms with Gasteiger partial charge < -0.3 is 9.64 Å². The lowest BCUT2D eigenvalue weighted by Gasteiger charge is -2.56. The number of rotatable bonds is 4. The van der Waals surface area contributed by atoms with Crippen LogP contribution in [0.25, 0.3) is 0 Å². The molecular formula is C22H30N4O3. The van der Waals surface area contributed by atoms with Crippen LogP contribution in [0.5, 0.6) is 0 Å². The Morgan fingerprint density at radius 2 is 1.72 bits per heavy atom. The highest BCUT2D eigenvalue weighted by molar-refractivity contribution is 5.99. The minimum absolute atomic E-state index is 0.0721. The molecule has 29 heavy (non-hydrogen) atoms. The first-order chi connectivity index (χ1) is 14.1. The molecule has 4 bridgehead atoms. The van der Waals surface area contributed by atoms with Crippen LogP contribution in [0.4, 0.5) is 5.82 Å². The molecule has 1 aromatic rings. The molecule has 6 rings (SSSR count). The van der Waals surface area contributed by atoms with E-state index in [0.717, 1.165) is 17.8 Å². The van der Waals surface area contributed by atoms with E-state index in [4.69, 9.17) is 4.74 Å². The predicted molar refractivity (Wildman–Crippen MR) is 108 cm³/mol. The maximum atomic E-state index is 12.8. The summed E-state index contributed by atoms with van der Waals surface area (Å²) in [6.45, 7) is 2.66. The molecule has 0 aromatic carbocycles. The summed E-state index contributed by atoms with van der Waals surface area (Å²) in [7, 11) is 0. The molecule has 4 aliphatic carbocycles. The largest absolute Gasteiger partial charge is 0.378 e. The average Bonchev–Trinajstić information content (AvgIpc) is 2.71. The molecule has 2 amide bonds. The number of nitrogens with one attached hydrogen (secondary N) is 2. The van der Waals surface area contributed by atoms with Crippen molar-refractivity contribution in [2.24, 2.45) is 23.2 Å². The molecule has 4 saturated carbocycles. The maximum Gasteiger partial charge on any atom is 0.273 e. The molecule has 1 saturated heterocycles. The van der Waals surface area contributed by atoms with E-state index in [1.54, 1.807) is 18.3 Å².